The van der Waals surface area contributed by atoms with Gasteiger partial charge in [-0.1, -0.05) is 432 Å². The molecule has 0 heterocycles. The molecular formula is C108H195O4P. The van der Waals surface area contributed by atoms with Crippen molar-refractivity contribution in [3.8, 4) is 17.2 Å². The summed E-state index contributed by atoms with van der Waals surface area (Å²) in [6.07, 6.45) is 77.6. The number of rotatable bonds is 78. The largest absolute Gasteiger partial charge is 0.647 e. The molecule has 5 heteroatoms. The third-order valence-corrected chi connectivity index (χ3v) is 26.3. The van der Waals surface area contributed by atoms with Gasteiger partial charge in [-0.3, -0.25) is 0 Å². The lowest BCUT2D eigenvalue weighted by Gasteiger charge is -2.27. The Morgan fingerprint density at radius 1 is 0.177 bits per heavy atom. The van der Waals surface area contributed by atoms with Crippen LogP contribution in [-0.2, 0) is 62.4 Å². The molecule has 3 rings (SSSR count). The van der Waals surface area contributed by atoms with Gasteiger partial charge in [0.1, 0.15) is 17.2 Å². The Morgan fingerprint density at radius 3 is 0.469 bits per heavy atom. The van der Waals surface area contributed by atoms with Crippen molar-refractivity contribution in [3.63, 3.8) is 0 Å². The van der Waals surface area contributed by atoms with Crippen molar-refractivity contribution in [3.05, 3.63) is 86.5 Å². The summed E-state index contributed by atoms with van der Waals surface area (Å²) >= 11 is 0. The monoisotopic (exact) mass is 1590 g/mol. The average molecular weight is 1590 g/mol. The summed E-state index contributed by atoms with van der Waals surface area (Å²) in [7, 11) is -4.55. The minimum absolute atomic E-state index is 0.743. The molecule has 0 aliphatic rings. The molecule has 3 aromatic carbocycles. The van der Waals surface area contributed by atoms with Crippen LogP contribution in [0.1, 0.15) is 521 Å². The standard InChI is InChI=1S/C108H195O4P/c1-88(2)64-46-28-19-37-55-73-97-82-85-106(103(79-61-43-25-34-52-70-94(13)14)100(97)76-58-40-22-31-49-67-91(7)8)110-113(109,111-107-86-83-98(74-56-38-20-29-47-65-89(3)4)101(77-59-41-23-32-50-68-92(9)10)104(107)80-62-44-26-35-53-71-95(15)16)112-108-87-84-99(75-57-39-21-30-48-66-90(5)6)102(78-60-42-24-33-51-69-93(11)12)105(108)81-63-45-27-36-54-72-96(17)18/h82-96H,19-81H2,1-18H3. The molecule has 0 atom stereocenters. The molecule has 0 spiro atoms. The van der Waals surface area contributed by atoms with Gasteiger partial charge in [0.05, 0.1) is 0 Å². The van der Waals surface area contributed by atoms with Gasteiger partial charge in [-0.25, -0.2) is 0 Å². The highest BCUT2D eigenvalue weighted by Gasteiger charge is 2.38. The molecule has 0 aliphatic carbocycles. The van der Waals surface area contributed by atoms with Gasteiger partial charge >= 0.3 is 7.82 Å². The number of aryl methyl sites for hydroxylation is 3. The summed E-state index contributed by atoms with van der Waals surface area (Å²) < 4.78 is 41.0. The molecule has 0 radical (unpaired) electrons. The molecular weight excluding hydrogens is 1390 g/mol. The van der Waals surface area contributed by atoms with Crippen molar-refractivity contribution in [1.82, 2.24) is 0 Å². The van der Waals surface area contributed by atoms with E-state index in [9.17, 15) is 0 Å². The first kappa shape index (κ1) is 104. The number of unbranched alkanes of at least 4 members (excludes halogenated alkanes) is 36. The molecule has 656 valence electrons. The van der Waals surface area contributed by atoms with Crippen molar-refractivity contribution in [1.29, 1.82) is 0 Å². The van der Waals surface area contributed by atoms with E-state index in [1.54, 1.807) is 0 Å². The van der Waals surface area contributed by atoms with E-state index in [0.29, 0.717) is 0 Å². The first-order valence-corrected chi connectivity index (χ1v) is 52.0. The van der Waals surface area contributed by atoms with Crippen molar-refractivity contribution >= 4 is 7.82 Å². The van der Waals surface area contributed by atoms with E-state index in [-0.39, 0.29) is 0 Å². The molecule has 0 aromatic heterocycles. The second kappa shape index (κ2) is 67.0. The maximum atomic E-state index is 17.9. The molecule has 0 bridgehead atoms. The molecule has 0 N–H and O–H groups in total. The fraction of sp³-hybridized carbons (Fsp3) is 0.833. The van der Waals surface area contributed by atoms with Crippen LogP contribution in [0.4, 0.5) is 0 Å². The third-order valence-electron chi connectivity index (χ3n) is 25.0. The number of hydrogen-bond acceptors (Lipinski definition) is 4. The van der Waals surface area contributed by atoms with Gasteiger partial charge < -0.3 is 13.6 Å². The SMILES string of the molecule is CC(C)CCCCCCCc1ccc(OP(=O)(Oc2ccc(CCCCCCCC(C)C)c(CCCCCCCC(C)C)c2CCCCCCCC(C)C)Oc2ccc(CCCCCCCC(C)C)c(CCCCCCCC(C)C)c2CCCCCCCC(C)C)c(CCCCCCCC(C)C)c1CCCCCCCC(C)C. The molecule has 0 fully saturated rings. The van der Waals surface area contributed by atoms with E-state index < -0.39 is 7.82 Å². The van der Waals surface area contributed by atoms with E-state index in [4.69, 9.17) is 13.6 Å². The highest BCUT2D eigenvalue weighted by Crippen LogP contribution is 2.54. The van der Waals surface area contributed by atoms with Crippen LogP contribution >= 0.6 is 7.82 Å². The minimum Gasteiger partial charge on any atom is -0.386 e. The topological polar surface area (TPSA) is 44.8 Å². The average Bonchev–Trinajstić information content (AvgIpc) is 0.785. The van der Waals surface area contributed by atoms with Crippen LogP contribution in [0.5, 0.6) is 17.2 Å². The van der Waals surface area contributed by atoms with Gasteiger partial charge in [-0.2, -0.15) is 4.57 Å². The zero-order valence-corrected chi connectivity index (χ0v) is 80.2. The first-order valence-electron chi connectivity index (χ1n) is 50.6. The van der Waals surface area contributed by atoms with Gasteiger partial charge in [0.2, 0.25) is 0 Å². The van der Waals surface area contributed by atoms with Crippen LogP contribution in [0.25, 0.3) is 0 Å². The van der Waals surface area contributed by atoms with Crippen molar-refractivity contribution < 1.29 is 18.1 Å². The van der Waals surface area contributed by atoms with Crippen LogP contribution in [0.15, 0.2) is 36.4 Å². The van der Waals surface area contributed by atoms with Gasteiger partial charge in [0.25, 0.3) is 0 Å². The maximum absolute atomic E-state index is 17.9. The smallest absolute Gasteiger partial charge is 0.386 e. The molecule has 4 nitrogen and oxygen atoms in total. The van der Waals surface area contributed by atoms with Crippen molar-refractivity contribution in [2.24, 2.45) is 53.3 Å². The van der Waals surface area contributed by atoms with Crippen LogP contribution in [-0.4, -0.2) is 0 Å². The second-order valence-corrected chi connectivity index (χ2v) is 42.0. The first-order chi connectivity index (χ1) is 54.5. The lowest BCUT2D eigenvalue weighted by atomic mass is 9.89. The Kier molecular flexibility index (Phi) is 62.0. The van der Waals surface area contributed by atoms with Crippen molar-refractivity contribution in [2.75, 3.05) is 0 Å². The second-order valence-electron chi connectivity index (χ2n) is 40.6. The predicted molar refractivity (Wildman–Crippen MR) is 505 cm³/mol. The van der Waals surface area contributed by atoms with Crippen LogP contribution in [0, 0.1) is 53.3 Å². The Bertz CT molecular complexity index is 2470. The van der Waals surface area contributed by atoms with Crippen LogP contribution in [0.2, 0.25) is 0 Å². The van der Waals surface area contributed by atoms with E-state index in [0.717, 1.165) is 148 Å². The van der Waals surface area contributed by atoms with Crippen molar-refractivity contribution in [2.45, 2.75) is 529 Å². The fourth-order valence-corrected chi connectivity index (χ4v) is 19.1. The molecule has 0 saturated carbocycles. The number of hydrogen-bond donors (Lipinski definition) is 0. The zero-order valence-electron chi connectivity index (χ0n) is 79.3. The maximum Gasteiger partial charge on any atom is 0.647 e. The molecule has 0 aliphatic heterocycles. The van der Waals surface area contributed by atoms with Crippen LogP contribution < -0.4 is 13.6 Å². The third kappa shape index (κ3) is 53.5. The molecule has 3 aromatic rings. The lowest BCUT2D eigenvalue weighted by Crippen LogP contribution is -2.14. The van der Waals surface area contributed by atoms with Gasteiger partial charge in [-0.15, -0.1) is 0 Å². The summed E-state index contributed by atoms with van der Waals surface area (Å²) in [6, 6.07) is 14.1. The molecule has 0 unspecified atom stereocenters. The molecule has 0 saturated heterocycles. The Balaban J connectivity index is 2.56. The number of phosphoric acid groups is 1. The Labute approximate surface area is 707 Å². The summed E-state index contributed by atoms with van der Waals surface area (Å²) in [5.41, 5.74) is 12.8. The molecule has 0 amide bonds. The Morgan fingerprint density at radius 2 is 0.310 bits per heavy atom. The number of benzene rings is 3. The summed E-state index contributed by atoms with van der Waals surface area (Å²) in [5.74, 6) is 9.04. The van der Waals surface area contributed by atoms with E-state index >= 15 is 4.57 Å². The van der Waals surface area contributed by atoms with Crippen LogP contribution in [0.3, 0.4) is 0 Å². The summed E-state index contributed by atoms with van der Waals surface area (Å²) in [4.78, 5) is 0. The Hall–Kier alpha value is -2.71. The fourth-order valence-electron chi connectivity index (χ4n) is 17.8. The number of phosphoric ester groups is 1. The predicted octanol–water partition coefficient (Wildman–Crippen LogP) is 37.2. The van der Waals surface area contributed by atoms with Gasteiger partial charge in [0.15, 0.2) is 0 Å². The minimum atomic E-state index is -4.55. The van der Waals surface area contributed by atoms with E-state index in [1.807, 2.05) is 0 Å². The zero-order chi connectivity index (χ0) is 82.5. The quantitative estimate of drug-likeness (QED) is 0.0417. The highest BCUT2D eigenvalue weighted by atomic mass is 31.2. The van der Waals surface area contributed by atoms with E-state index in [2.05, 4.69) is 161 Å². The van der Waals surface area contributed by atoms with Gasteiger partial charge in [0, 0.05) is 0 Å². The summed E-state index contributed by atoms with van der Waals surface area (Å²) in [5, 5.41) is 0. The molecule has 113 heavy (non-hydrogen) atoms. The lowest BCUT2D eigenvalue weighted by molar-refractivity contribution is 0.294. The normalized spacial score (nSPS) is 12.3. The highest BCUT2D eigenvalue weighted by molar-refractivity contribution is 7.49. The van der Waals surface area contributed by atoms with E-state index in [1.165, 1.54) is 378 Å². The van der Waals surface area contributed by atoms with Gasteiger partial charge in [-0.05, 0) is 237 Å². The summed E-state index contributed by atoms with van der Waals surface area (Å²) in [6.45, 7) is 42.8.